The van der Waals surface area contributed by atoms with Gasteiger partial charge in [0, 0.05) is 19.0 Å². The first-order valence-corrected chi connectivity index (χ1v) is 7.95. The standard InChI is InChI=1S/C19H22N2O/c22-19(11-10-15-6-2-1-3-7-15)21-14-18-17-9-5-4-8-16(17)12-13-20-18/h1-9,18,20H,10-14H2,(H,21,22). The molecule has 1 aliphatic rings. The smallest absolute Gasteiger partial charge is 0.220 e. The van der Waals surface area contributed by atoms with Crippen molar-refractivity contribution >= 4 is 5.91 Å². The highest BCUT2D eigenvalue weighted by Crippen LogP contribution is 2.21. The molecule has 22 heavy (non-hydrogen) atoms. The van der Waals surface area contributed by atoms with Crippen LogP contribution >= 0.6 is 0 Å². The molecular weight excluding hydrogens is 272 g/mol. The van der Waals surface area contributed by atoms with E-state index >= 15 is 0 Å². The van der Waals surface area contributed by atoms with Crippen LogP contribution in [0.5, 0.6) is 0 Å². The van der Waals surface area contributed by atoms with E-state index in [4.69, 9.17) is 0 Å². The van der Waals surface area contributed by atoms with Gasteiger partial charge in [-0.05, 0) is 36.1 Å². The molecule has 1 heterocycles. The lowest BCUT2D eigenvalue weighted by molar-refractivity contribution is -0.121. The molecule has 0 spiro atoms. The van der Waals surface area contributed by atoms with Crippen LogP contribution < -0.4 is 10.6 Å². The van der Waals surface area contributed by atoms with Gasteiger partial charge in [-0.1, -0.05) is 54.6 Å². The predicted octanol–water partition coefficient (Wildman–Crippen LogP) is 2.62. The summed E-state index contributed by atoms with van der Waals surface area (Å²) in [5.74, 6) is 0.119. The van der Waals surface area contributed by atoms with Crippen molar-refractivity contribution in [3.8, 4) is 0 Å². The van der Waals surface area contributed by atoms with E-state index in [1.165, 1.54) is 16.7 Å². The lowest BCUT2D eigenvalue weighted by Gasteiger charge is -2.27. The molecule has 0 aliphatic carbocycles. The van der Waals surface area contributed by atoms with Gasteiger partial charge >= 0.3 is 0 Å². The van der Waals surface area contributed by atoms with E-state index in [0.717, 1.165) is 19.4 Å². The Morgan fingerprint density at radius 3 is 2.73 bits per heavy atom. The molecule has 2 aromatic rings. The van der Waals surface area contributed by atoms with Crippen molar-refractivity contribution in [3.63, 3.8) is 0 Å². The van der Waals surface area contributed by atoms with Gasteiger partial charge in [0.2, 0.25) is 5.91 Å². The zero-order valence-electron chi connectivity index (χ0n) is 12.7. The minimum atomic E-state index is 0.119. The lowest BCUT2D eigenvalue weighted by atomic mass is 9.94. The molecule has 0 radical (unpaired) electrons. The first-order valence-electron chi connectivity index (χ1n) is 7.95. The number of rotatable bonds is 5. The SMILES string of the molecule is O=C(CCc1ccccc1)NCC1NCCc2ccccc21. The van der Waals surface area contributed by atoms with Gasteiger partial charge in [-0.25, -0.2) is 0 Å². The Balaban J connectivity index is 1.50. The van der Waals surface area contributed by atoms with Crippen molar-refractivity contribution in [2.45, 2.75) is 25.3 Å². The molecule has 1 unspecified atom stereocenters. The molecule has 0 saturated carbocycles. The highest BCUT2D eigenvalue weighted by molar-refractivity contribution is 5.76. The molecule has 114 valence electrons. The summed E-state index contributed by atoms with van der Waals surface area (Å²) in [6.07, 6.45) is 2.40. The van der Waals surface area contributed by atoms with Gasteiger partial charge in [-0.15, -0.1) is 0 Å². The van der Waals surface area contributed by atoms with Crippen LogP contribution in [0.1, 0.15) is 29.2 Å². The summed E-state index contributed by atoms with van der Waals surface area (Å²) < 4.78 is 0. The normalized spacial score (nSPS) is 16.8. The van der Waals surface area contributed by atoms with E-state index in [1.807, 2.05) is 18.2 Å². The second kappa shape index (κ2) is 7.23. The number of fused-ring (bicyclic) bond motifs is 1. The van der Waals surface area contributed by atoms with Crippen LogP contribution in [-0.4, -0.2) is 19.0 Å². The van der Waals surface area contributed by atoms with Crippen molar-refractivity contribution < 1.29 is 4.79 Å². The Morgan fingerprint density at radius 2 is 1.86 bits per heavy atom. The summed E-state index contributed by atoms with van der Waals surface area (Å²) in [5.41, 5.74) is 3.92. The molecule has 0 aromatic heterocycles. The molecule has 3 nitrogen and oxygen atoms in total. The van der Waals surface area contributed by atoms with E-state index < -0.39 is 0 Å². The second-order valence-electron chi connectivity index (χ2n) is 5.75. The molecule has 2 aromatic carbocycles. The monoisotopic (exact) mass is 294 g/mol. The van der Waals surface area contributed by atoms with E-state index in [0.29, 0.717) is 13.0 Å². The van der Waals surface area contributed by atoms with Crippen LogP contribution in [0.3, 0.4) is 0 Å². The first-order chi connectivity index (χ1) is 10.8. The summed E-state index contributed by atoms with van der Waals surface area (Å²) in [4.78, 5) is 12.0. The third kappa shape index (κ3) is 3.74. The first kappa shape index (κ1) is 14.8. The zero-order chi connectivity index (χ0) is 15.2. The number of hydrogen-bond acceptors (Lipinski definition) is 2. The lowest BCUT2D eigenvalue weighted by Crippen LogP contribution is -2.38. The topological polar surface area (TPSA) is 41.1 Å². The molecule has 0 bridgehead atoms. The maximum absolute atomic E-state index is 12.0. The summed E-state index contributed by atoms with van der Waals surface area (Å²) in [6.45, 7) is 1.63. The van der Waals surface area contributed by atoms with Gasteiger partial charge in [0.15, 0.2) is 0 Å². The molecule has 1 atom stereocenters. The Hall–Kier alpha value is -2.13. The molecule has 1 amide bonds. The number of carbonyl (C=O) groups excluding carboxylic acids is 1. The summed E-state index contributed by atoms with van der Waals surface area (Å²) >= 11 is 0. The summed E-state index contributed by atoms with van der Waals surface area (Å²) in [6, 6.07) is 18.9. The van der Waals surface area contributed by atoms with Crippen LogP contribution in [0, 0.1) is 0 Å². The number of carbonyl (C=O) groups is 1. The van der Waals surface area contributed by atoms with Gasteiger partial charge in [0.25, 0.3) is 0 Å². The Morgan fingerprint density at radius 1 is 1.09 bits per heavy atom. The number of hydrogen-bond donors (Lipinski definition) is 2. The summed E-state index contributed by atoms with van der Waals surface area (Å²) in [7, 11) is 0. The second-order valence-corrected chi connectivity index (χ2v) is 5.75. The molecule has 2 N–H and O–H groups in total. The zero-order valence-corrected chi connectivity index (χ0v) is 12.7. The minimum absolute atomic E-state index is 0.119. The fraction of sp³-hybridized carbons (Fsp3) is 0.316. The van der Waals surface area contributed by atoms with Crippen molar-refractivity contribution in [3.05, 3.63) is 71.3 Å². The van der Waals surface area contributed by atoms with E-state index in [2.05, 4.69) is 47.0 Å². The van der Waals surface area contributed by atoms with Crippen LogP contribution in [0.15, 0.2) is 54.6 Å². The third-order valence-electron chi connectivity index (χ3n) is 4.20. The number of amides is 1. The molecule has 3 heteroatoms. The van der Waals surface area contributed by atoms with E-state index in [1.54, 1.807) is 0 Å². The highest BCUT2D eigenvalue weighted by atomic mass is 16.1. The van der Waals surface area contributed by atoms with Crippen molar-refractivity contribution in [1.82, 2.24) is 10.6 Å². The van der Waals surface area contributed by atoms with Gasteiger partial charge in [0.05, 0.1) is 0 Å². The number of aryl methyl sites for hydroxylation is 1. The third-order valence-corrected chi connectivity index (χ3v) is 4.20. The van der Waals surface area contributed by atoms with Crippen LogP contribution in [0.4, 0.5) is 0 Å². The maximum atomic E-state index is 12.0. The van der Waals surface area contributed by atoms with E-state index in [-0.39, 0.29) is 11.9 Å². The van der Waals surface area contributed by atoms with Crippen molar-refractivity contribution in [2.75, 3.05) is 13.1 Å². The average molecular weight is 294 g/mol. The van der Waals surface area contributed by atoms with Gasteiger partial charge in [-0.2, -0.15) is 0 Å². The quantitative estimate of drug-likeness (QED) is 0.890. The fourth-order valence-corrected chi connectivity index (χ4v) is 2.98. The van der Waals surface area contributed by atoms with Gasteiger partial charge in [0.1, 0.15) is 0 Å². The fourth-order valence-electron chi connectivity index (χ4n) is 2.98. The number of benzene rings is 2. The molecule has 3 rings (SSSR count). The molecule has 1 aliphatic heterocycles. The van der Waals surface area contributed by atoms with Gasteiger partial charge < -0.3 is 10.6 Å². The van der Waals surface area contributed by atoms with Gasteiger partial charge in [-0.3, -0.25) is 4.79 Å². The Kier molecular flexibility index (Phi) is 4.86. The highest BCUT2D eigenvalue weighted by Gasteiger charge is 2.19. The molecule has 0 fully saturated rings. The average Bonchev–Trinajstić information content (AvgIpc) is 2.59. The van der Waals surface area contributed by atoms with Crippen molar-refractivity contribution in [1.29, 1.82) is 0 Å². The largest absolute Gasteiger partial charge is 0.354 e. The number of nitrogens with one attached hydrogen (secondary N) is 2. The Labute approximate surface area is 131 Å². The molecular formula is C19H22N2O. The minimum Gasteiger partial charge on any atom is -0.354 e. The predicted molar refractivity (Wildman–Crippen MR) is 88.7 cm³/mol. The van der Waals surface area contributed by atoms with Crippen LogP contribution in [0.2, 0.25) is 0 Å². The summed E-state index contributed by atoms with van der Waals surface area (Å²) in [5, 5.41) is 6.55. The van der Waals surface area contributed by atoms with Crippen LogP contribution in [-0.2, 0) is 17.6 Å². The Bertz CT molecular complexity index is 624. The van der Waals surface area contributed by atoms with E-state index in [9.17, 15) is 4.79 Å². The maximum Gasteiger partial charge on any atom is 0.220 e. The van der Waals surface area contributed by atoms with Crippen LogP contribution in [0.25, 0.3) is 0 Å². The molecule has 0 saturated heterocycles. The van der Waals surface area contributed by atoms with Crippen molar-refractivity contribution in [2.24, 2.45) is 0 Å².